The van der Waals surface area contributed by atoms with Crippen LogP contribution in [0.4, 0.5) is 8.78 Å². The third-order valence-corrected chi connectivity index (χ3v) is 3.68. The zero-order valence-corrected chi connectivity index (χ0v) is 12.8. The highest BCUT2D eigenvalue weighted by Crippen LogP contribution is 2.26. The van der Waals surface area contributed by atoms with Gasteiger partial charge in [-0.1, -0.05) is 6.07 Å². The van der Waals surface area contributed by atoms with E-state index in [1.54, 1.807) is 24.4 Å². The molecule has 0 saturated heterocycles. The van der Waals surface area contributed by atoms with Crippen LogP contribution in [0.15, 0.2) is 41.0 Å². The van der Waals surface area contributed by atoms with Crippen LogP contribution in [-0.4, -0.2) is 19.7 Å². The number of pyridine rings is 1. The van der Waals surface area contributed by atoms with Gasteiger partial charge < -0.3 is 0 Å². The summed E-state index contributed by atoms with van der Waals surface area (Å²) in [5.41, 5.74) is 0.461. The van der Waals surface area contributed by atoms with Crippen LogP contribution in [0.2, 0.25) is 0 Å². The number of aromatic amines is 1. The maximum absolute atomic E-state index is 14.1. The summed E-state index contributed by atoms with van der Waals surface area (Å²) in [5.74, 6) is -0.916. The van der Waals surface area contributed by atoms with Gasteiger partial charge in [0, 0.05) is 12.3 Å². The van der Waals surface area contributed by atoms with Crippen LogP contribution in [0.1, 0.15) is 0 Å². The number of nitrogens with zero attached hydrogens (tertiary/aromatic N) is 3. The van der Waals surface area contributed by atoms with Crippen LogP contribution in [-0.2, 0) is 0 Å². The van der Waals surface area contributed by atoms with Crippen molar-refractivity contribution in [1.82, 2.24) is 19.7 Å². The molecular weight excluding hydrogens is 362 g/mol. The Morgan fingerprint density at radius 2 is 2.00 bits per heavy atom. The molecule has 0 atom stereocenters. The summed E-state index contributed by atoms with van der Waals surface area (Å²) in [6, 6.07) is 7.31. The molecule has 3 rings (SSSR count). The summed E-state index contributed by atoms with van der Waals surface area (Å²) < 4.78 is 29.4. The third-order valence-electron chi connectivity index (χ3n) is 2.80. The van der Waals surface area contributed by atoms with Gasteiger partial charge in [0.2, 0.25) is 0 Å². The lowest BCUT2D eigenvalue weighted by molar-refractivity contribution is 0.587. The summed E-state index contributed by atoms with van der Waals surface area (Å²) >= 11 is 8.05. The molecule has 2 aromatic heterocycles. The lowest BCUT2D eigenvalue weighted by Crippen LogP contribution is -2.03. The summed E-state index contributed by atoms with van der Waals surface area (Å²) in [4.78, 5) is 4.14. The van der Waals surface area contributed by atoms with Crippen molar-refractivity contribution in [1.29, 1.82) is 0 Å². The molecule has 0 unspecified atom stereocenters. The van der Waals surface area contributed by atoms with E-state index in [0.29, 0.717) is 11.5 Å². The number of rotatable bonds is 2. The molecule has 1 aromatic carbocycles. The smallest absolute Gasteiger partial charge is 0.200 e. The minimum absolute atomic E-state index is 0.0323. The first-order valence-corrected chi connectivity index (χ1v) is 7.02. The minimum Gasteiger partial charge on any atom is -0.264 e. The molecular formula is C13H7BrF2N4S. The Labute approximate surface area is 131 Å². The third kappa shape index (κ3) is 2.52. The monoisotopic (exact) mass is 368 g/mol. The first kappa shape index (κ1) is 14.0. The predicted octanol–water partition coefficient (Wildman–Crippen LogP) is 4.03. The Hall–Kier alpha value is -1.93. The molecule has 8 heteroatoms. The van der Waals surface area contributed by atoms with E-state index in [1.165, 1.54) is 4.57 Å². The van der Waals surface area contributed by atoms with Crippen molar-refractivity contribution >= 4 is 28.1 Å². The molecule has 0 bridgehead atoms. The number of aromatic nitrogens is 4. The molecule has 0 aliphatic carbocycles. The maximum Gasteiger partial charge on any atom is 0.200 e. The van der Waals surface area contributed by atoms with E-state index < -0.39 is 11.6 Å². The molecule has 106 valence electrons. The molecule has 3 aromatic rings. The molecule has 0 amide bonds. The molecule has 0 spiro atoms. The molecule has 21 heavy (non-hydrogen) atoms. The zero-order chi connectivity index (χ0) is 15.0. The number of hydrogen-bond acceptors (Lipinski definition) is 3. The molecule has 1 N–H and O–H groups in total. The predicted molar refractivity (Wildman–Crippen MR) is 79.6 cm³/mol. The van der Waals surface area contributed by atoms with Crippen molar-refractivity contribution in [3.05, 3.63) is 57.4 Å². The standard InChI is InChI=1S/C13H7BrF2N4S/c14-7-5-9(16)11(6-8(7)15)20-12(18-19-13(20)21)10-3-1-2-4-17-10/h1-6H,(H,19,21). The molecule has 4 nitrogen and oxygen atoms in total. The van der Waals surface area contributed by atoms with Gasteiger partial charge in [0.1, 0.15) is 17.3 Å². The van der Waals surface area contributed by atoms with Crippen LogP contribution in [0, 0.1) is 16.4 Å². The van der Waals surface area contributed by atoms with Gasteiger partial charge in [0.15, 0.2) is 10.6 Å². The normalized spacial score (nSPS) is 10.8. The topological polar surface area (TPSA) is 46.5 Å². The highest BCUT2D eigenvalue weighted by Gasteiger charge is 2.17. The number of halogens is 3. The quantitative estimate of drug-likeness (QED) is 0.548. The second-order valence-corrected chi connectivity index (χ2v) is 5.36. The summed E-state index contributed by atoms with van der Waals surface area (Å²) in [6.45, 7) is 0. The van der Waals surface area contributed by atoms with Crippen molar-refractivity contribution in [3.8, 4) is 17.2 Å². The number of H-pyrrole nitrogens is 1. The molecule has 0 aliphatic rings. The second-order valence-electron chi connectivity index (χ2n) is 4.12. The highest BCUT2D eigenvalue weighted by atomic mass is 79.9. The van der Waals surface area contributed by atoms with Crippen molar-refractivity contribution < 1.29 is 8.78 Å². The molecule has 0 fully saturated rings. The molecule has 0 radical (unpaired) electrons. The molecule has 0 aliphatic heterocycles. The average molecular weight is 369 g/mol. The van der Waals surface area contributed by atoms with E-state index in [-0.39, 0.29) is 14.9 Å². The van der Waals surface area contributed by atoms with Crippen LogP contribution in [0.5, 0.6) is 0 Å². The highest BCUT2D eigenvalue weighted by molar-refractivity contribution is 9.10. The summed E-state index contributed by atoms with van der Waals surface area (Å²) in [6.07, 6.45) is 1.58. The number of benzene rings is 1. The van der Waals surface area contributed by atoms with Gasteiger partial charge >= 0.3 is 0 Å². The number of hydrogen-bond donors (Lipinski definition) is 1. The van der Waals surface area contributed by atoms with Gasteiger partial charge in [-0.25, -0.2) is 8.78 Å². The Morgan fingerprint density at radius 3 is 2.71 bits per heavy atom. The fourth-order valence-electron chi connectivity index (χ4n) is 1.87. The van der Waals surface area contributed by atoms with Crippen LogP contribution in [0.25, 0.3) is 17.2 Å². The van der Waals surface area contributed by atoms with Crippen molar-refractivity contribution in [2.75, 3.05) is 0 Å². The largest absolute Gasteiger partial charge is 0.264 e. The molecule has 2 heterocycles. The van der Waals surface area contributed by atoms with Crippen molar-refractivity contribution in [3.63, 3.8) is 0 Å². The molecule has 0 saturated carbocycles. The zero-order valence-electron chi connectivity index (χ0n) is 10.3. The minimum atomic E-state index is -0.627. The lowest BCUT2D eigenvalue weighted by atomic mass is 10.2. The second kappa shape index (κ2) is 5.45. The van der Waals surface area contributed by atoms with E-state index in [0.717, 1.165) is 12.1 Å². The summed E-state index contributed by atoms with van der Waals surface area (Å²) in [5, 5.41) is 6.61. The Morgan fingerprint density at radius 1 is 1.19 bits per heavy atom. The van der Waals surface area contributed by atoms with E-state index in [4.69, 9.17) is 12.2 Å². The van der Waals surface area contributed by atoms with Crippen molar-refractivity contribution in [2.24, 2.45) is 0 Å². The first-order chi connectivity index (χ1) is 10.1. The van der Waals surface area contributed by atoms with Gasteiger partial charge in [0.25, 0.3) is 0 Å². The van der Waals surface area contributed by atoms with E-state index in [9.17, 15) is 8.78 Å². The Balaban J connectivity index is 2.27. The van der Waals surface area contributed by atoms with Gasteiger partial charge in [-0.15, -0.1) is 0 Å². The van der Waals surface area contributed by atoms with E-state index >= 15 is 0 Å². The lowest BCUT2D eigenvalue weighted by Gasteiger charge is -2.08. The van der Waals surface area contributed by atoms with E-state index in [2.05, 4.69) is 31.1 Å². The van der Waals surface area contributed by atoms with Gasteiger partial charge in [-0.3, -0.25) is 14.6 Å². The number of nitrogens with one attached hydrogen (secondary N) is 1. The Kier molecular flexibility index (Phi) is 3.64. The Bertz CT molecular complexity index is 860. The van der Waals surface area contributed by atoms with Gasteiger partial charge in [0.05, 0.1) is 10.2 Å². The van der Waals surface area contributed by atoms with Crippen LogP contribution in [0.3, 0.4) is 0 Å². The van der Waals surface area contributed by atoms with E-state index in [1.807, 2.05) is 0 Å². The maximum atomic E-state index is 14.1. The van der Waals surface area contributed by atoms with Gasteiger partial charge in [-0.05, 0) is 46.3 Å². The fourth-order valence-corrected chi connectivity index (χ4v) is 2.42. The van der Waals surface area contributed by atoms with Gasteiger partial charge in [-0.2, -0.15) is 5.10 Å². The van der Waals surface area contributed by atoms with Crippen molar-refractivity contribution in [2.45, 2.75) is 0 Å². The SMILES string of the molecule is Fc1cc(-n2c(-c3ccccn3)n[nH]c2=S)c(F)cc1Br. The first-order valence-electron chi connectivity index (χ1n) is 5.81. The fraction of sp³-hybridized carbons (Fsp3) is 0. The van der Waals surface area contributed by atoms with Crippen LogP contribution >= 0.6 is 28.1 Å². The summed E-state index contributed by atoms with van der Waals surface area (Å²) in [7, 11) is 0. The average Bonchev–Trinajstić information content (AvgIpc) is 2.85. The van der Waals surface area contributed by atoms with Crippen LogP contribution < -0.4 is 0 Å².